The Morgan fingerprint density at radius 1 is 0.913 bits per heavy atom. The minimum absolute atomic E-state index is 0.188. The second kappa shape index (κ2) is 6.12. The Labute approximate surface area is 149 Å². The summed E-state index contributed by atoms with van der Waals surface area (Å²) in [6.07, 6.45) is 0. The molecule has 2 aromatic carbocycles. The molecule has 1 heterocycles. The number of hydrogen-bond acceptors (Lipinski definition) is 1. The summed E-state index contributed by atoms with van der Waals surface area (Å²) in [5.74, 6) is 0. The summed E-state index contributed by atoms with van der Waals surface area (Å²) in [7, 11) is 0. The normalized spacial score (nSPS) is 28.0. The maximum Gasteiger partial charge on any atom is 0.0811 e. The number of alkyl halides is 1. The molecule has 0 aliphatic carbocycles. The Bertz CT molecular complexity index is 618. The molecule has 1 unspecified atom stereocenters. The van der Waals surface area contributed by atoms with Crippen molar-refractivity contribution in [3.8, 4) is 0 Å². The molecule has 2 aromatic rings. The lowest BCUT2D eigenvalue weighted by molar-refractivity contribution is -0.0580. The van der Waals surface area contributed by atoms with Gasteiger partial charge in [0.1, 0.15) is 0 Å². The molecule has 0 N–H and O–H groups in total. The van der Waals surface area contributed by atoms with Crippen molar-refractivity contribution < 1.29 is 0 Å². The second-order valence-corrected chi connectivity index (χ2v) is 8.21. The highest BCUT2D eigenvalue weighted by Crippen LogP contribution is 2.60. The van der Waals surface area contributed by atoms with Crippen molar-refractivity contribution >= 4 is 23.2 Å². The molecule has 1 aliphatic rings. The Morgan fingerprint density at radius 2 is 1.35 bits per heavy atom. The van der Waals surface area contributed by atoms with Crippen LogP contribution < -0.4 is 0 Å². The lowest BCUT2D eigenvalue weighted by Gasteiger charge is -2.61. The van der Waals surface area contributed by atoms with Crippen LogP contribution in [0.15, 0.2) is 48.5 Å². The van der Waals surface area contributed by atoms with Gasteiger partial charge in [-0.2, -0.15) is 0 Å². The molecule has 1 saturated heterocycles. The summed E-state index contributed by atoms with van der Waals surface area (Å²) in [4.78, 5) is 2.16. The monoisotopic (exact) mass is 347 g/mol. The van der Waals surface area contributed by atoms with Crippen LogP contribution in [0.5, 0.6) is 0 Å². The zero-order valence-electron chi connectivity index (χ0n) is 14.1. The molecule has 3 rings (SSSR count). The third-order valence-electron chi connectivity index (χ3n) is 4.84. The van der Waals surface area contributed by atoms with E-state index in [1.807, 2.05) is 12.1 Å². The maximum absolute atomic E-state index is 7.05. The zero-order chi connectivity index (χ0) is 16.8. The molecule has 0 aromatic heterocycles. The molecule has 0 saturated carbocycles. The quantitative estimate of drug-likeness (QED) is 0.601. The Hall–Kier alpha value is -1.02. The van der Waals surface area contributed by atoms with Crippen molar-refractivity contribution in [3.05, 3.63) is 70.2 Å². The molecule has 3 heteroatoms. The summed E-state index contributed by atoms with van der Waals surface area (Å²) < 4.78 is 0. The summed E-state index contributed by atoms with van der Waals surface area (Å²) in [5.41, 5.74) is 3.78. The van der Waals surface area contributed by atoms with Crippen molar-refractivity contribution in [1.82, 2.24) is 4.90 Å². The van der Waals surface area contributed by atoms with Crippen molar-refractivity contribution in [2.75, 3.05) is 0 Å². The summed E-state index contributed by atoms with van der Waals surface area (Å²) in [6, 6.07) is 17.6. The third-order valence-corrected chi connectivity index (χ3v) is 5.51. The molecule has 0 spiro atoms. The first kappa shape index (κ1) is 16.8. The summed E-state index contributed by atoms with van der Waals surface area (Å²) >= 11 is 13.1. The lowest BCUT2D eigenvalue weighted by Crippen LogP contribution is -2.63. The van der Waals surface area contributed by atoms with Gasteiger partial charge < -0.3 is 0 Å². The van der Waals surface area contributed by atoms with E-state index < -0.39 is 0 Å². The number of rotatable bonds is 3. The van der Waals surface area contributed by atoms with Gasteiger partial charge in [0.05, 0.1) is 17.0 Å². The SMILES string of the molecule is Cc1ccc([C@@H]2N(C(C)C)[C@H](c3ccc(Cl)cc3)C2(C)Cl)cc1. The van der Waals surface area contributed by atoms with Crippen molar-refractivity contribution in [2.24, 2.45) is 0 Å². The predicted molar refractivity (Wildman–Crippen MR) is 99.3 cm³/mol. The average molecular weight is 348 g/mol. The van der Waals surface area contributed by atoms with Crippen molar-refractivity contribution in [3.63, 3.8) is 0 Å². The molecule has 0 radical (unpaired) electrons. The van der Waals surface area contributed by atoms with Crippen LogP contribution in [-0.2, 0) is 0 Å². The number of hydrogen-bond donors (Lipinski definition) is 0. The highest BCUT2D eigenvalue weighted by atomic mass is 35.5. The van der Waals surface area contributed by atoms with Gasteiger partial charge in [0, 0.05) is 11.1 Å². The Morgan fingerprint density at radius 3 is 1.78 bits per heavy atom. The van der Waals surface area contributed by atoms with Crippen LogP contribution in [0.4, 0.5) is 0 Å². The van der Waals surface area contributed by atoms with Crippen LogP contribution in [0.1, 0.15) is 49.5 Å². The molecule has 23 heavy (non-hydrogen) atoms. The van der Waals surface area contributed by atoms with Gasteiger partial charge in [0.15, 0.2) is 0 Å². The van der Waals surface area contributed by atoms with E-state index >= 15 is 0 Å². The highest BCUT2D eigenvalue weighted by Gasteiger charge is 2.58. The van der Waals surface area contributed by atoms with E-state index in [2.05, 4.69) is 69.0 Å². The van der Waals surface area contributed by atoms with E-state index in [-0.39, 0.29) is 17.0 Å². The largest absolute Gasteiger partial charge is 0.283 e. The fourth-order valence-electron chi connectivity index (χ4n) is 3.79. The molecule has 0 amide bonds. The fourth-order valence-corrected chi connectivity index (χ4v) is 4.39. The van der Waals surface area contributed by atoms with E-state index in [1.54, 1.807) is 0 Å². The van der Waals surface area contributed by atoms with Crippen molar-refractivity contribution in [2.45, 2.75) is 50.7 Å². The van der Waals surface area contributed by atoms with Crippen LogP contribution in [0, 0.1) is 6.92 Å². The standard InChI is InChI=1S/C20H23Cl2N/c1-13(2)23-18(15-7-5-14(3)6-8-15)20(4,22)19(23)16-9-11-17(21)12-10-16/h5-13,18-19H,1-4H3/t18-,19+,20?/m0/s1. The maximum atomic E-state index is 7.05. The third kappa shape index (κ3) is 2.91. The number of aryl methyl sites for hydroxylation is 1. The molecular weight excluding hydrogens is 325 g/mol. The molecule has 0 bridgehead atoms. The van der Waals surface area contributed by atoms with E-state index in [0.717, 1.165) is 5.02 Å². The van der Waals surface area contributed by atoms with Crippen LogP contribution >= 0.6 is 23.2 Å². The first-order chi connectivity index (χ1) is 10.8. The number of likely N-dealkylation sites (tertiary alicyclic amines) is 1. The lowest BCUT2D eigenvalue weighted by atomic mass is 9.72. The minimum atomic E-state index is -0.340. The van der Waals surface area contributed by atoms with E-state index in [4.69, 9.17) is 23.2 Å². The smallest absolute Gasteiger partial charge is 0.0811 e. The van der Waals surface area contributed by atoms with Gasteiger partial charge in [-0.3, -0.25) is 4.90 Å². The number of nitrogens with zero attached hydrogens (tertiary/aromatic N) is 1. The van der Waals surface area contributed by atoms with Gasteiger partial charge in [0.25, 0.3) is 0 Å². The van der Waals surface area contributed by atoms with E-state index in [0.29, 0.717) is 6.04 Å². The van der Waals surface area contributed by atoms with Gasteiger partial charge in [-0.1, -0.05) is 53.6 Å². The fraction of sp³-hybridized carbons (Fsp3) is 0.400. The first-order valence-corrected chi connectivity index (χ1v) is 8.86. The number of halogens is 2. The van der Waals surface area contributed by atoms with Gasteiger partial charge in [-0.15, -0.1) is 11.6 Å². The van der Waals surface area contributed by atoms with Gasteiger partial charge in [-0.25, -0.2) is 0 Å². The van der Waals surface area contributed by atoms with Crippen molar-refractivity contribution in [1.29, 1.82) is 0 Å². The molecular formula is C20H23Cl2N. The van der Waals surface area contributed by atoms with Crippen LogP contribution in [0.25, 0.3) is 0 Å². The Kier molecular flexibility index (Phi) is 4.48. The zero-order valence-corrected chi connectivity index (χ0v) is 15.6. The van der Waals surface area contributed by atoms with Crippen LogP contribution in [-0.4, -0.2) is 15.8 Å². The van der Waals surface area contributed by atoms with Gasteiger partial charge in [-0.05, 0) is 51.0 Å². The van der Waals surface area contributed by atoms with Crippen LogP contribution in [0.2, 0.25) is 5.02 Å². The summed E-state index contributed by atoms with van der Waals surface area (Å²) in [6.45, 7) is 8.73. The minimum Gasteiger partial charge on any atom is -0.283 e. The second-order valence-electron chi connectivity index (χ2n) is 6.96. The molecule has 1 nitrogen and oxygen atoms in total. The predicted octanol–water partition coefficient (Wildman–Crippen LogP) is 6.15. The molecule has 3 atom stereocenters. The molecule has 1 aliphatic heterocycles. The first-order valence-electron chi connectivity index (χ1n) is 8.10. The molecule has 1 fully saturated rings. The van der Waals surface area contributed by atoms with E-state index in [1.165, 1.54) is 16.7 Å². The number of benzene rings is 2. The topological polar surface area (TPSA) is 3.24 Å². The van der Waals surface area contributed by atoms with Gasteiger partial charge >= 0.3 is 0 Å². The average Bonchev–Trinajstić information content (AvgIpc) is 2.49. The Balaban J connectivity index is 1.99. The van der Waals surface area contributed by atoms with Gasteiger partial charge in [0.2, 0.25) is 0 Å². The highest BCUT2D eigenvalue weighted by molar-refractivity contribution is 6.30. The summed E-state index contributed by atoms with van der Waals surface area (Å²) in [5, 5.41) is 0.760. The van der Waals surface area contributed by atoms with E-state index in [9.17, 15) is 0 Å². The molecule has 122 valence electrons. The van der Waals surface area contributed by atoms with Crippen LogP contribution in [0.3, 0.4) is 0 Å².